The van der Waals surface area contributed by atoms with Gasteiger partial charge in [-0.2, -0.15) is 0 Å². The summed E-state index contributed by atoms with van der Waals surface area (Å²) >= 11 is 0. The summed E-state index contributed by atoms with van der Waals surface area (Å²) in [6.45, 7) is 4.37. The van der Waals surface area contributed by atoms with Gasteiger partial charge in [-0.05, 0) is 54.8 Å². The molecule has 0 aliphatic rings. The van der Waals surface area contributed by atoms with Crippen LogP contribution in [0, 0.1) is 12.7 Å². The largest absolute Gasteiger partial charge is 0.370 e. The zero-order valence-corrected chi connectivity index (χ0v) is 12.1. The van der Waals surface area contributed by atoms with Gasteiger partial charge in [0.2, 0.25) is 0 Å². The molecule has 0 saturated heterocycles. The minimum Gasteiger partial charge on any atom is -0.370 e. The van der Waals surface area contributed by atoms with Crippen LogP contribution in [0.15, 0.2) is 36.7 Å². The molecule has 0 unspecified atom stereocenters. The second kappa shape index (κ2) is 6.01. The molecule has 20 heavy (non-hydrogen) atoms. The molecule has 0 saturated carbocycles. The highest BCUT2D eigenvalue weighted by Crippen LogP contribution is 2.28. The van der Waals surface area contributed by atoms with E-state index in [0.717, 1.165) is 23.4 Å². The Morgan fingerprint density at radius 2 is 1.95 bits per heavy atom. The maximum Gasteiger partial charge on any atom is 0.126 e. The first-order valence-corrected chi connectivity index (χ1v) is 6.64. The number of benzene rings is 1. The molecule has 0 aliphatic heterocycles. The van der Waals surface area contributed by atoms with Crippen molar-refractivity contribution in [2.24, 2.45) is 5.73 Å². The topological polar surface area (TPSA) is 42.2 Å². The molecule has 0 bridgehead atoms. The van der Waals surface area contributed by atoms with Gasteiger partial charge in [-0.1, -0.05) is 0 Å². The maximum absolute atomic E-state index is 13.7. The van der Waals surface area contributed by atoms with E-state index in [-0.39, 0.29) is 11.9 Å². The van der Waals surface area contributed by atoms with Gasteiger partial charge in [-0.25, -0.2) is 4.39 Å². The van der Waals surface area contributed by atoms with Gasteiger partial charge in [0.15, 0.2) is 0 Å². The molecule has 3 nitrogen and oxygen atoms in total. The van der Waals surface area contributed by atoms with Crippen LogP contribution in [0.3, 0.4) is 0 Å². The Kier molecular flexibility index (Phi) is 4.35. The Labute approximate surface area is 119 Å². The SMILES string of the molecule is Cc1cc(N(C)Cc2ccncc2)c([C@H](C)N)cc1F. The molecule has 2 rings (SSSR count). The van der Waals surface area contributed by atoms with Gasteiger partial charge < -0.3 is 10.6 Å². The molecule has 1 atom stereocenters. The van der Waals surface area contributed by atoms with E-state index in [1.807, 2.05) is 32.2 Å². The highest BCUT2D eigenvalue weighted by molar-refractivity contribution is 5.56. The Morgan fingerprint density at radius 1 is 1.30 bits per heavy atom. The van der Waals surface area contributed by atoms with Gasteiger partial charge in [0.25, 0.3) is 0 Å². The zero-order chi connectivity index (χ0) is 14.7. The first kappa shape index (κ1) is 14.5. The Bertz CT molecular complexity index is 582. The van der Waals surface area contributed by atoms with E-state index in [1.54, 1.807) is 25.4 Å². The fourth-order valence-corrected chi connectivity index (χ4v) is 2.22. The lowest BCUT2D eigenvalue weighted by Gasteiger charge is -2.25. The van der Waals surface area contributed by atoms with Crippen molar-refractivity contribution < 1.29 is 4.39 Å². The predicted molar refractivity (Wildman–Crippen MR) is 80.1 cm³/mol. The highest BCUT2D eigenvalue weighted by atomic mass is 19.1. The lowest BCUT2D eigenvalue weighted by molar-refractivity contribution is 0.612. The van der Waals surface area contributed by atoms with E-state index in [2.05, 4.69) is 9.88 Å². The molecule has 4 heteroatoms. The summed E-state index contributed by atoms with van der Waals surface area (Å²) in [4.78, 5) is 6.09. The first-order chi connectivity index (χ1) is 9.49. The Hall–Kier alpha value is -1.94. The average molecular weight is 273 g/mol. The van der Waals surface area contributed by atoms with Gasteiger partial charge in [-0.15, -0.1) is 0 Å². The molecule has 0 amide bonds. The predicted octanol–water partition coefficient (Wildman–Crippen LogP) is 3.19. The number of rotatable bonds is 4. The van der Waals surface area contributed by atoms with Crippen molar-refractivity contribution in [3.05, 3.63) is 59.2 Å². The van der Waals surface area contributed by atoms with Crippen LogP contribution >= 0.6 is 0 Å². The molecule has 0 aliphatic carbocycles. The van der Waals surface area contributed by atoms with Gasteiger partial charge in [0.05, 0.1) is 0 Å². The van der Waals surface area contributed by atoms with Crippen molar-refractivity contribution in [1.82, 2.24) is 4.98 Å². The lowest BCUT2D eigenvalue weighted by atomic mass is 10.0. The van der Waals surface area contributed by atoms with Crippen molar-refractivity contribution in [3.63, 3.8) is 0 Å². The summed E-state index contributed by atoms with van der Waals surface area (Å²) in [6, 6.07) is 7.13. The number of hydrogen-bond acceptors (Lipinski definition) is 3. The van der Waals surface area contributed by atoms with Crippen LogP contribution in [0.4, 0.5) is 10.1 Å². The number of aryl methyl sites for hydroxylation is 1. The molecule has 1 aromatic carbocycles. The molecular weight excluding hydrogens is 253 g/mol. The maximum atomic E-state index is 13.7. The second-order valence-electron chi connectivity index (χ2n) is 5.16. The van der Waals surface area contributed by atoms with Crippen LogP contribution in [0.1, 0.15) is 29.7 Å². The van der Waals surface area contributed by atoms with E-state index in [9.17, 15) is 4.39 Å². The first-order valence-electron chi connectivity index (χ1n) is 6.64. The monoisotopic (exact) mass is 273 g/mol. The second-order valence-corrected chi connectivity index (χ2v) is 5.16. The normalized spacial score (nSPS) is 12.2. The van der Waals surface area contributed by atoms with Gasteiger partial charge in [0, 0.05) is 37.7 Å². The van der Waals surface area contributed by atoms with Crippen LogP contribution in [0.2, 0.25) is 0 Å². The molecular formula is C16H20FN3. The summed E-state index contributed by atoms with van der Waals surface area (Å²) in [5, 5.41) is 0. The fraction of sp³-hybridized carbons (Fsp3) is 0.312. The van der Waals surface area contributed by atoms with Crippen molar-refractivity contribution in [2.75, 3.05) is 11.9 Å². The minimum absolute atomic E-state index is 0.208. The highest BCUT2D eigenvalue weighted by Gasteiger charge is 2.14. The number of nitrogens with two attached hydrogens (primary N) is 1. The Balaban J connectivity index is 2.33. The van der Waals surface area contributed by atoms with Gasteiger partial charge in [-0.3, -0.25) is 4.98 Å². The van der Waals surface area contributed by atoms with Crippen LogP contribution in [0.5, 0.6) is 0 Å². The molecule has 106 valence electrons. The van der Waals surface area contributed by atoms with Crippen molar-refractivity contribution >= 4 is 5.69 Å². The average Bonchev–Trinajstić information content (AvgIpc) is 2.42. The number of nitrogens with zero attached hydrogens (tertiary/aromatic N) is 2. The molecule has 0 spiro atoms. The fourth-order valence-electron chi connectivity index (χ4n) is 2.22. The van der Waals surface area contributed by atoms with Crippen LogP contribution in [0.25, 0.3) is 0 Å². The molecule has 2 N–H and O–H groups in total. The van der Waals surface area contributed by atoms with E-state index >= 15 is 0 Å². The van der Waals surface area contributed by atoms with Crippen LogP contribution in [-0.4, -0.2) is 12.0 Å². The van der Waals surface area contributed by atoms with Crippen molar-refractivity contribution in [3.8, 4) is 0 Å². The minimum atomic E-state index is -0.210. The Morgan fingerprint density at radius 3 is 2.55 bits per heavy atom. The van der Waals surface area contributed by atoms with E-state index < -0.39 is 0 Å². The number of anilines is 1. The van der Waals surface area contributed by atoms with Crippen LogP contribution in [-0.2, 0) is 6.54 Å². The number of halogens is 1. The smallest absolute Gasteiger partial charge is 0.126 e. The van der Waals surface area contributed by atoms with Gasteiger partial charge >= 0.3 is 0 Å². The summed E-state index contributed by atoms with van der Waals surface area (Å²) in [7, 11) is 1.99. The van der Waals surface area contributed by atoms with E-state index in [1.165, 1.54) is 0 Å². The quantitative estimate of drug-likeness (QED) is 0.930. The third-order valence-corrected chi connectivity index (χ3v) is 3.38. The number of aromatic nitrogens is 1. The lowest BCUT2D eigenvalue weighted by Crippen LogP contribution is -2.20. The van der Waals surface area contributed by atoms with Crippen molar-refractivity contribution in [2.45, 2.75) is 26.4 Å². The third kappa shape index (κ3) is 3.14. The summed E-state index contributed by atoms with van der Waals surface area (Å²) < 4.78 is 13.7. The number of pyridine rings is 1. The zero-order valence-electron chi connectivity index (χ0n) is 12.1. The standard InChI is InChI=1S/C16H20FN3/c1-11-8-16(14(12(2)18)9-15(11)17)20(3)10-13-4-6-19-7-5-13/h4-9,12H,10,18H2,1-3H3/t12-/m0/s1. The van der Waals surface area contributed by atoms with Gasteiger partial charge in [0.1, 0.15) is 5.82 Å². The summed E-state index contributed by atoms with van der Waals surface area (Å²) in [5.74, 6) is -0.210. The molecule has 0 fully saturated rings. The summed E-state index contributed by atoms with van der Waals surface area (Å²) in [6.07, 6.45) is 3.54. The number of hydrogen-bond donors (Lipinski definition) is 1. The summed E-state index contributed by atoms with van der Waals surface area (Å²) in [5.41, 5.74) is 9.54. The molecule has 0 radical (unpaired) electrons. The molecule has 1 aromatic heterocycles. The molecule has 1 heterocycles. The van der Waals surface area contributed by atoms with E-state index in [0.29, 0.717) is 5.56 Å². The van der Waals surface area contributed by atoms with Crippen LogP contribution < -0.4 is 10.6 Å². The third-order valence-electron chi connectivity index (χ3n) is 3.38. The molecule has 2 aromatic rings. The van der Waals surface area contributed by atoms with E-state index in [4.69, 9.17) is 5.73 Å². The van der Waals surface area contributed by atoms with Crippen molar-refractivity contribution in [1.29, 1.82) is 0 Å².